The highest BCUT2D eigenvalue weighted by molar-refractivity contribution is 7.10. The van der Waals surface area contributed by atoms with Crippen molar-refractivity contribution in [2.45, 2.75) is 116 Å². The first-order chi connectivity index (χ1) is 27.1. The van der Waals surface area contributed by atoms with Crippen LogP contribution in [0.2, 0.25) is 57.4 Å². The number of benzene rings is 3. The molecule has 16 heteroatoms. The maximum absolute atomic E-state index is 15.6. The summed E-state index contributed by atoms with van der Waals surface area (Å²) in [5, 5.41) is 0.937. The standard InChI is InChI=1S/C42H56NO11PSi3/c1-41(2,3)58(10,11)53-37-33(29-22-30-35(49-26-48-30)36(51-55)32(29)40(46)47-24-27-18-14-12-15-19-27)42(23-31(44)43(42)50-25-28-20-16-13-17-21-28)39(54-57(7,8)9)38(34(37)45)52-56(4,5)6/h12-22,38-39H,23-26,55H2,1-11H3/t38-,39-,42-/m1/s1. The molecule has 2 aliphatic heterocycles. The summed E-state index contributed by atoms with van der Waals surface area (Å²) in [4.78, 5) is 51.1. The van der Waals surface area contributed by atoms with Crippen LogP contribution in [-0.4, -0.2) is 72.2 Å². The van der Waals surface area contributed by atoms with Crippen molar-refractivity contribution in [3.63, 3.8) is 0 Å². The van der Waals surface area contributed by atoms with E-state index < -0.39 is 54.5 Å². The molecule has 3 aliphatic rings. The van der Waals surface area contributed by atoms with Gasteiger partial charge in [-0.2, -0.15) is 0 Å². The van der Waals surface area contributed by atoms with Gasteiger partial charge in [0.05, 0.1) is 15.9 Å². The average molecular weight is 866 g/mol. The van der Waals surface area contributed by atoms with Crippen molar-refractivity contribution in [3.8, 4) is 17.2 Å². The van der Waals surface area contributed by atoms with Crippen LogP contribution < -0.4 is 14.0 Å². The summed E-state index contributed by atoms with van der Waals surface area (Å²) in [6.07, 6.45) is -2.41. The molecule has 1 fully saturated rings. The number of β-lactam (4-membered cyclic amide) rings is 1. The Hall–Kier alpha value is -3.83. The lowest BCUT2D eigenvalue weighted by Crippen LogP contribution is -2.76. The number of hydrogen-bond donors (Lipinski definition) is 0. The van der Waals surface area contributed by atoms with E-state index in [0.29, 0.717) is 0 Å². The van der Waals surface area contributed by atoms with Crippen LogP contribution in [0.4, 0.5) is 0 Å². The van der Waals surface area contributed by atoms with Crippen molar-refractivity contribution in [1.29, 1.82) is 0 Å². The van der Waals surface area contributed by atoms with Gasteiger partial charge in [0.1, 0.15) is 36.5 Å². The van der Waals surface area contributed by atoms with E-state index in [4.69, 9.17) is 36.8 Å². The predicted molar refractivity (Wildman–Crippen MR) is 231 cm³/mol. The Bertz CT molecular complexity index is 2080. The van der Waals surface area contributed by atoms with E-state index in [0.717, 1.165) is 11.1 Å². The number of carbonyl (C=O) groups is 3. The molecule has 0 saturated carbocycles. The van der Waals surface area contributed by atoms with E-state index in [-0.39, 0.29) is 77.1 Å². The van der Waals surface area contributed by atoms with Crippen molar-refractivity contribution in [2.24, 2.45) is 0 Å². The summed E-state index contributed by atoms with van der Waals surface area (Å²) in [7, 11) is -5.79. The Kier molecular flexibility index (Phi) is 12.3. The zero-order valence-corrected chi connectivity index (χ0v) is 39.5. The molecule has 4 atom stereocenters. The summed E-state index contributed by atoms with van der Waals surface area (Å²) in [5.41, 5.74) is 0.393. The van der Waals surface area contributed by atoms with Crippen molar-refractivity contribution >= 4 is 57.7 Å². The molecule has 0 N–H and O–H groups in total. The number of amides is 1. The van der Waals surface area contributed by atoms with Gasteiger partial charge in [0.2, 0.25) is 24.2 Å². The predicted octanol–water partition coefficient (Wildman–Crippen LogP) is 8.80. The zero-order valence-electron chi connectivity index (χ0n) is 35.3. The summed E-state index contributed by atoms with van der Waals surface area (Å²) < 4.78 is 44.9. The number of carbonyl (C=O) groups excluding carboxylic acids is 3. The monoisotopic (exact) mass is 865 g/mol. The number of esters is 1. The van der Waals surface area contributed by atoms with Gasteiger partial charge in [-0.05, 0) is 74.6 Å². The molecule has 58 heavy (non-hydrogen) atoms. The Morgan fingerprint density at radius 2 is 1.45 bits per heavy atom. The van der Waals surface area contributed by atoms with Crippen molar-refractivity contribution in [3.05, 3.63) is 94.7 Å². The second-order valence-electron chi connectivity index (χ2n) is 18.3. The minimum absolute atomic E-state index is 0.0142. The van der Waals surface area contributed by atoms with Crippen LogP contribution in [0, 0.1) is 0 Å². The lowest BCUT2D eigenvalue weighted by atomic mass is 9.65. The van der Waals surface area contributed by atoms with Crippen LogP contribution in [-0.2, 0) is 45.7 Å². The molecule has 1 saturated heterocycles. The molecule has 312 valence electrons. The number of ketones is 1. The topological polar surface area (TPSA) is 128 Å². The maximum Gasteiger partial charge on any atom is 0.343 e. The number of hydroxylamine groups is 2. The maximum atomic E-state index is 15.6. The smallest absolute Gasteiger partial charge is 0.343 e. The van der Waals surface area contributed by atoms with Crippen LogP contribution in [0.5, 0.6) is 17.2 Å². The molecule has 12 nitrogen and oxygen atoms in total. The number of rotatable bonds is 14. The van der Waals surface area contributed by atoms with Crippen molar-refractivity contribution in [1.82, 2.24) is 5.06 Å². The fourth-order valence-electron chi connectivity index (χ4n) is 7.01. The van der Waals surface area contributed by atoms with Crippen LogP contribution >= 0.6 is 9.47 Å². The third-order valence-electron chi connectivity index (χ3n) is 10.6. The molecule has 1 unspecified atom stereocenters. The van der Waals surface area contributed by atoms with Crippen LogP contribution in [0.25, 0.3) is 5.57 Å². The van der Waals surface area contributed by atoms with Crippen LogP contribution in [0.3, 0.4) is 0 Å². The fourth-order valence-corrected chi connectivity index (χ4v) is 10.3. The van der Waals surface area contributed by atoms with Crippen molar-refractivity contribution < 1.29 is 51.2 Å². The van der Waals surface area contributed by atoms with Gasteiger partial charge in [0, 0.05) is 11.1 Å². The van der Waals surface area contributed by atoms with Gasteiger partial charge < -0.3 is 32.0 Å². The molecule has 1 amide bonds. The molecule has 1 spiro atoms. The molecule has 2 heterocycles. The molecule has 3 aromatic rings. The van der Waals surface area contributed by atoms with Crippen LogP contribution in [0.15, 0.2) is 72.5 Å². The van der Waals surface area contributed by atoms with E-state index >= 15 is 4.79 Å². The van der Waals surface area contributed by atoms with E-state index in [1.54, 1.807) is 6.07 Å². The van der Waals surface area contributed by atoms with Gasteiger partial charge in [-0.15, -0.1) is 0 Å². The number of nitrogens with zero attached hydrogens (tertiary/aromatic N) is 1. The summed E-state index contributed by atoms with van der Waals surface area (Å²) in [6.45, 7) is 22.2. The first-order valence-corrected chi connectivity index (χ1v) is 29.7. The Balaban J connectivity index is 1.71. The summed E-state index contributed by atoms with van der Waals surface area (Å²) >= 11 is 0. The normalized spacial score (nSPS) is 21.0. The molecule has 0 bridgehead atoms. The third kappa shape index (κ3) is 8.72. The van der Waals surface area contributed by atoms with Crippen LogP contribution in [0.1, 0.15) is 54.2 Å². The molecule has 6 rings (SSSR count). The van der Waals surface area contributed by atoms with E-state index in [2.05, 4.69) is 30.2 Å². The quantitative estimate of drug-likeness (QED) is 0.0668. The first kappa shape index (κ1) is 43.7. The Morgan fingerprint density at radius 3 is 1.98 bits per heavy atom. The Morgan fingerprint density at radius 1 is 0.862 bits per heavy atom. The average Bonchev–Trinajstić information content (AvgIpc) is 3.61. The first-order valence-electron chi connectivity index (χ1n) is 19.5. The number of Topliss-reactive ketones (excluding diaryl/α,β-unsaturated/α-hetero) is 1. The lowest BCUT2D eigenvalue weighted by Gasteiger charge is -2.60. The molecule has 0 aromatic heterocycles. The fraction of sp³-hybridized carbons (Fsp3) is 0.452. The largest absolute Gasteiger partial charge is 0.541 e. The highest BCUT2D eigenvalue weighted by atomic mass is 31.0. The Labute approximate surface area is 347 Å². The highest BCUT2D eigenvalue weighted by Crippen LogP contribution is 2.58. The lowest BCUT2D eigenvalue weighted by molar-refractivity contribution is -0.270. The van der Waals surface area contributed by atoms with Gasteiger partial charge in [0.15, 0.2) is 33.9 Å². The van der Waals surface area contributed by atoms with Gasteiger partial charge in [-0.25, -0.2) is 9.86 Å². The number of fused-ring (bicyclic) bond motifs is 1. The minimum Gasteiger partial charge on any atom is -0.541 e. The van der Waals surface area contributed by atoms with Gasteiger partial charge in [0.25, 0.3) is 8.32 Å². The van der Waals surface area contributed by atoms with Gasteiger partial charge in [-0.1, -0.05) is 81.4 Å². The molecule has 1 aliphatic carbocycles. The zero-order chi connectivity index (χ0) is 42.4. The summed E-state index contributed by atoms with van der Waals surface area (Å²) in [5.74, 6) is -1.13. The van der Waals surface area contributed by atoms with Gasteiger partial charge >= 0.3 is 5.97 Å². The van der Waals surface area contributed by atoms with E-state index in [1.807, 2.05) is 113 Å². The van der Waals surface area contributed by atoms with E-state index in [1.165, 1.54) is 5.06 Å². The summed E-state index contributed by atoms with van der Waals surface area (Å²) in [6, 6.07) is 20.4. The van der Waals surface area contributed by atoms with Gasteiger partial charge in [-0.3, -0.25) is 14.4 Å². The SMILES string of the molecule is CC(C)(C)[Si](C)(C)OC1=C(c2cc3c(c(OP)c2C(=O)OCc2ccccc2)OCO3)[C@]2(CC(=O)N2OCc2ccccc2)[C@H](O[Si](C)(C)C)[C@H](O[Si](C)(C)C)C1=O. The molecule has 3 aromatic carbocycles. The molecular formula is C42H56NO11PSi3. The number of hydrogen-bond acceptors (Lipinski definition) is 11. The molecular weight excluding hydrogens is 810 g/mol. The minimum atomic E-state index is -2.88. The number of ether oxygens (including phenoxy) is 3. The highest BCUT2D eigenvalue weighted by Gasteiger charge is 2.69. The van der Waals surface area contributed by atoms with Crippen molar-refractivity contribution in [2.75, 3.05) is 6.79 Å². The molecule has 0 radical (unpaired) electrons. The third-order valence-corrected chi connectivity index (χ3v) is 17.1. The second-order valence-corrected chi connectivity index (χ2v) is 32.2. The second kappa shape index (κ2) is 16.3. The van der Waals surface area contributed by atoms with E-state index in [9.17, 15) is 9.59 Å².